The van der Waals surface area contributed by atoms with E-state index < -0.39 is 6.10 Å². The highest BCUT2D eigenvalue weighted by Crippen LogP contribution is 2.13. The van der Waals surface area contributed by atoms with E-state index in [4.69, 9.17) is 14.2 Å². The lowest BCUT2D eigenvalue weighted by molar-refractivity contribution is -0.166. The smallest absolute Gasteiger partial charge is 0.306 e. The van der Waals surface area contributed by atoms with E-state index in [1.807, 2.05) is 6.08 Å². The molecule has 0 aromatic carbocycles. The molecule has 0 bridgehead atoms. The average molecular weight is 785 g/mol. The molecular weight excluding hydrogens is 697 g/mol. The van der Waals surface area contributed by atoms with E-state index >= 15 is 0 Å². The lowest BCUT2D eigenvalue weighted by atomic mass is 10.1. The zero-order valence-corrected chi connectivity index (χ0v) is 36.9. The van der Waals surface area contributed by atoms with E-state index in [-0.39, 0.29) is 37.5 Å². The quantitative estimate of drug-likeness (QED) is 0.0265. The zero-order valence-electron chi connectivity index (χ0n) is 36.9. The van der Waals surface area contributed by atoms with Gasteiger partial charge in [-0.25, -0.2) is 0 Å². The molecule has 0 saturated heterocycles. The van der Waals surface area contributed by atoms with Crippen molar-refractivity contribution in [2.24, 2.45) is 0 Å². The molecule has 0 heterocycles. The largest absolute Gasteiger partial charge is 0.462 e. The molecule has 0 fully saturated rings. The van der Waals surface area contributed by atoms with Crippen molar-refractivity contribution in [3.63, 3.8) is 0 Å². The van der Waals surface area contributed by atoms with Gasteiger partial charge in [0.1, 0.15) is 13.2 Å². The predicted molar refractivity (Wildman–Crippen MR) is 238 cm³/mol. The van der Waals surface area contributed by atoms with Crippen molar-refractivity contribution in [3.05, 3.63) is 48.6 Å². The summed E-state index contributed by atoms with van der Waals surface area (Å²) in [6.45, 7) is 6.50. The number of ether oxygens (including phenoxy) is 3. The monoisotopic (exact) mass is 785 g/mol. The standard InChI is InChI=1S/C50H88O6/c1-4-7-10-13-16-19-22-24-25-27-28-31-34-37-40-43-49(52)55-46-47(45-54-48(51)42-39-36-33-30-21-18-15-12-9-6-3)56-50(53)44-41-38-35-32-29-26-23-20-17-14-11-8-5-2/h15,18-19,22,26,29,35,38,47H,4-14,16-17,20-21,23-25,27-28,30-34,36-37,39-46H2,1-3H3/b18-15-,22-19-,29-26-,38-35-. The van der Waals surface area contributed by atoms with Crippen LogP contribution in [0.4, 0.5) is 0 Å². The molecule has 0 aromatic rings. The van der Waals surface area contributed by atoms with Gasteiger partial charge in [-0.15, -0.1) is 0 Å². The molecule has 6 heteroatoms. The predicted octanol–water partition coefficient (Wildman–Crippen LogP) is 15.1. The van der Waals surface area contributed by atoms with Crippen molar-refractivity contribution in [2.45, 2.75) is 239 Å². The Labute approximate surface area is 346 Å². The summed E-state index contributed by atoms with van der Waals surface area (Å²) in [4.78, 5) is 37.7. The van der Waals surface area contributed by atoms with Crippen LogP contribution in [0.3, 0.4) is 0 Å². The fourth-order valence-electron chi connectivity index (χ4n) is 6.41. The molecule has 0 amide bonds. The lowest BCUT2D eigenvalue weighted by Gasteiger charge is -2.18. The first kappa shape index (κ1) is 53.4. The summed E-state index contributed by atoms with van der Waals surface area (Å²) in [5.41, 5.74) is 0. The van der Waals surface area contributed by atoms with E-state index in [1.165, 1.54) is 116 Å². The topological polar surface area (TPSA) is 78.9 Å². The van der Waals surface area contributed by atoms with Gasteiger partial charge in [-0.05, 0) is 83.5 Å². The fourth-order valence-corrected chi connectivity index (χ4v) is 6.41. The van der Waals surface area contributed by atoms with Crippen LogP contribution in [-0.2, 0) is 28.6 Å². The average Bonchev–Trinajstić information content (AvgIpc) is 3.19. The lowest BCUT2D eigenvalue weighted by Crippen LogP contribution is -2.30. The summed E-state index contributed by atoms with van der Waals surface area (Å²) < 4.78 is 16.6. The second kappa shape index (κ2) is 45.1. The van der Waals surface area contributed by atoms with Crippen molar-refractivity contribution in [2.75, 3.05) is 13.2 Å². The van der Waals surface area contributed by atoms with Gasteiger partial charge < -0.3 is 14.2 Å². The molecule has 56 heavy (non-hydrogen) atoms. The van der Waals surface area contributed by atoms with Crippen LogP contribution in [0.25, 0.3) is 0 Å². The second-order valence-corrected chi connectivity index (χ2v) is 15.7. The van der Waals surface area contributed by atoms with Gasteiger partial charge >= 0.3 is 17.9 Å². The van der Waals surface area contributed by atoms with E-state index in [9.17, 15) is 14.4 Å². The first-order valence-corrected chi connectivity index (χ1v) is 23.6. The van der Waals surface area contributed by atoms with Gasteiger partial charge in [0.2, 0.25) is 0 Å². The molecule has 0 N–H and O–H groups in total. The number of esters is 3. The number of unbranched alkanes of at least 4 members (excludes halogenated alkanes) is 23. The molecule has 6 nitrogen and oxygen atoms in total. The maximum Gasteiger partial charge on any atom is 0.306 e. The first-order valence-electron chi connectivity index (χ1n) is 23.6. The molecule has 0 saturated carbocycles. The molecule has 0 aliphatic carbocycles. The molecule has 0 aromatic heterocycles. The van der Waals surface area contributed by atoms with Crippen LogP contribution in [-0.4, -0.2) is 37.2 Å². The maximum absolute atomic E-state index is 12.7. The summed E-state index contributed by atoms with van der Waals surface area (Å²) in [7, 11) is 0. The van der Waals surface area contributed by atoms with E-state index in [2.05, 4.69) is 63.3 Å². The number of carbonyl (C=O) groups excluding carboxylic acids is 3. The Kier molecular flexibility index (Phi) is 43.0. The number of allylic oxidation sites excluding steroid dienone is 8. The zero-order chi connectivity index (χ0) is 40.8. The van der Waals surface area contributed by atoms with Gasteiger partial charge in [-0.1, -0.05) is 179 Å². The van der Waals surface area contributed by atoms with Crippen LogP contribution in [0.1, 0.15) is 233 Å². The van der Waals surface area contributed by atoms with Crippen LogP contribution in [0.15, 0.2) is 48.6 Å². The minimum Gasteiger partial charge on any atom is -0.462 e. The molecule has 0 rings (SSSR count). The third kappa shape index (κ3) is 42.5. The number of hydrogen-bond acceptors (Lipinski definition) is 6. The number of rotatable bonds is 42. The Morgan fingerprint density at radius 1 is 0.357 bits per heavy atom. The maximum atomic E-state index is 12.7. The van der Waals surface area contributed by atoms with Crippen molar-refractivity contribution >= 4 is 17.9 Å². The van der Waals surface area contributed by atoms with Crippen LogP contribution < -0.4 is 0 Å². The highest BCUT2D eigenvalue weighted by Gasteiger charge is 2.19. The van der Waals surface area contributed by atoms with Crippen LogP contribution in [0, 0.1) is 0 Å². The summed E-state index contributed by atoms with van der Waals surface area (Å²) >= 11 is 0. The molecule has 324 valence electrons. The van der Waals surface area contributed by atoms with E-state index in [0.717, 1.165) is 70.6 Å². The Balaban J connectivity index is 4.44. The van der Waals surface area contributed by atoms with Crippen LogP contribution >= 0.6 is 0 Å². The van der Waals surface area contributed by atoms with Gasteiger partial charge in [-0.2, -0.15) is 0 Å². The van der Waals surface area contributed by atoms with Crippen molar-refractivity contribution < 1.29 is 28.6 Å². The van der Waals surface area contributed by atoms with E-state index in [1.54, 1.807) is 0 Å². The number of hydrogen-bond donors (Lipinski definition) is 0. The molecule has 1 unspecified atom stereocenters. The minimum atomic E-state index is -0.806. The Morgan fingerprint density at radius 3 is 1.14 bits per heavy atom. The van der Waals surface area contributed by atoms with Crippen LogP contribution in [0.2, 0.25) is 0 Å². The highest BCUT2D eigenvalue weighted by molar-refractivity contribution is 5.71. The van der Waals surface area contributed by atoms with Gasteiger partial charge in [0.25, 0.3) is 0 Å². The summed E-state index contributed by atoms with van der Waals surface area (Å²) in [5, 5.41) is 0. The molecule has 1 atom stereocenters. The van der Waals surface area contributed by atoms with Crippen LogP contribution in [0.5, 0.6) is 0 Å². The third-order valence-corrected chi connectivity index (χ3v) is 10.0. The SMILES string of the molecule is CCCC/C=C\CCCCCCC(=O)OCC(COC(=O)CCCCCCCCC/C=C\CCCCCC)OC(=O)CC/C=C\C/C=C\CCCCCCCC. The van der Waals surface area contributed by atoms with E-state index in [0.29, 0.717) is 19.3 Å². The normalized spacial score (nSPS) is 12.4. The summed E-state index contributed by atoms with van der Waals surface area (Å²) in [6.07, 6.45) is 52.5. The molecule has 0 aliphatic heterocycles. The van der Waals surface area contributed by atoms with Gasteiger partial charge in [0.05, 0.1) is 0 Å². The minimum absolute atomic E-state index is 0.101. The Morgan fingerprint density at radius 2 is 0.696 bits per heavy atom. The Bertz CT molecular complexity index is 996. The Hall–Kier alpha value is -2.63. The summed E-state index contributed by atoms with van der Waals surface area (Å²) in [6, 6.07) is 0. The molecule has 0 radical (unpaired) electrons. The molecule has 0 aliphatic rings. The molecule has 0 spiro atoms. The first-order chi connectivity index (χ1) is 27.5. The van der Waals surface area contributed by atoms with Crippen molar-refractivity contribution in [1.29, 1.82) is 0 Å². The van der Waals surface area contributed by atoms with Crippen molar-refractivity contribution in [1.82, 2.24) is 0 Å². The van der Waals surface area contributed by atoms with Crippen molar-refractivity contribution in [3.8, 4) is 0 Å². The van der Waals surface area contributed by atoms with Gasteiger partial charge in [0, 0.05) is 19.3 Å². The van der Waals surface area contributed by atoms with Gasteiger partial charge in [-0.3, -0.25) is 14.4 Å². The number of carbonyl (C=O) groups is 3. The second-order valence-electron chi connectivity index (χ2n) is 15.7. The van der Waals surface area contributed by atoms with Gasteiger partial charge in [0.15, 0.2) is 6.10 Å². The summed E-state index contributed by atoms with van der Waals surface area (Å²) in [5.74, 6) is -0.988. The molecular formula is C50H88O6. The fraction of sp³-hybridized carbons (Fsp3) is 0.780. The third-order valence-electron chi connectivity index (χ3n) is 10.0. The highest BCUT2D eigenvalue weighted by atomic mass is 16.6.